The van der Waals surface area contributed by atoms with Crippen molar-refractivity contribution in [1.29, 1.82) is 0 Å². The fourth-order valence-electron chi connectivity index (χ4n) is 2.88. The molecular formula is C21H20N4O3S2. The van der Waals surface area contributed by atoms with Gasteiger partial charge in [-0.05, 0) is 32.9 Å². The molecule has 4 aromatic rings. The molecule has 9 heteroatoms. The van der Waals surface area contributed by atoms with Gasteiger partial charge in [0.15, 0.2) is 0 Å². The van der Waals surface area contributed by atoms with Gasteiger partial charge in [0.25, 0.3) is 0 Å². The van der Waals surface area contributed by atoms with Crippen LogP contribution in [-0.2, 0) is 10.0 Å². The first kappa shape index (κ1) is 20.4. The molecule has 0 saturated carbocycles. The van der Waals surface area contributed by atoms with Gasteiger partial charge in [0.2, 0.25) is 21.7 Å². The van der Waals surface area contributed by atoms with Gasteiger partial charge in [0, 0.05) is 16.5 Å². The van der Waals surface area contributed by atoms with Gasteiger partial charge in [-0.3, -0.25) is 0 Å². The summed E-state index contributed by atoms with van der Waals surface area (Å²) in [5, 5.41) is 7.02. The minimum Gasteiger partial charge on any atom is -0.337 e. The van der Waals surface area contributed by atoms with Crippen molar-refractivity contribution >= 4 is 21.4 Å². The summed E-state index contributed by atoms with van der Waals surface area (Å²) in [5.74, 6) is 0.590. The van der Waals surface area contributed by atoms with Crippen LogP contribution < -0.4 is 4.72 Å². The van der Waals surface area contributed by atoms with Gasteiger partial charge in [-0.2, -0.15) is 9.71 Å². The van der Waals surface area contributed by atoms with Crippen LogP contribution in [0.25, 0.3) is 22.6 Å². The van der Waals surface area contributed by atoms with E-state index in [9.17, 15) is 8.42 Å². The predicted molar refractivity (Wildman–Crippen MR) is 115 cm³/mol. The number of rotatable bonds is 6. The predicted octanol–water partition coefficient (Wildman–Crippen LogP) is 4.52. The van der Waals surface area contributed by atoms with Crippen LogP contribution in [0.2, 0.25) is 0 Å². The molecule has 154 valence electrons. The van der Waals surface area contributed by atoms with Crippen molar-refractivity contribution in [1.82, 2.24) is 19.8 Å². The van der Waals surface area contributed by atoms with Crippen molar-refractivity contribution in [2.75, 3.05) is 0 Å². The molecule has 0 spiro atoms. The SMILES string of the molecule is Cc1ccc(S(=O)(=O)N[C@@H](C)c2nc(-c3ccc(-c4csc(C)n4)cc3)no2)cc1. The second-order valence-corrected chi connectivity index (χ2v) is 9.72. The summed E-state index contributed by atoms with van der Waals surface area (Å²) in [4.78, 5) is 9.03. The zero-order valence-electron chi connectivity index (χ0n) is 16.7. The number of nitrogens with zero attached hydrogens (tertiary/aromatic N) is 3. The highest BCUT2D eigenvalue weighted by Gasteiger charge is 2.22. The highest BCUT2D eigenvalue weighted by Crippen LogP contribution is 2.25. The summed E-state index contributed by atoms with van der Waals surface area (Å²) >= 11 is 1.60. The maximum absolute atomic E-state index is 12.6. The van der Waals surface area contributed by atoms with E-state index in [1.807, 2.05) is 43.5 Å². The molecule has 0 bridgehead atoms. The van der Waals surface area contributed by atoms with Crippen LogP contribution in [-0.4, -0.2) is 23.5 Å². The van der Waals surface area contributed by atoms with Crippen LogP contribution in [0.3, 0.4) is 0 Å². The minimum atomic E-state index is -3.70. The lowest BCUT2D eigenvalue weighted by atomic mass is 10.1. The van der Waals surface area contributed by atoms with E-state index in [0.717, 1.165) is 27.4 Å². The molecule has 4 rings (SSSR count). The van der Waals surface area contributed by atoms with Gasteiger partial charge in [-0.1, -0.05) is 47.1 Å². The largest absolute Gasteiger partial charge is 0.337 e. The van der Waals surface area contributed by atoms with Crippen molar-refractivity contribution in [3.8, 4) is 22.6 Å². The van der Waals surface area contributed by atoms with Crippen LogP contribution in [0.1, 0.15) is 29.4 Å². The Morgan fingerprint density at radius 2 is 1.63 bits per heavy atom. The summed E-state index contributed by atoms with van der Waals surface area (Å²) in [6, 6.07) is 13.6. The van der Waals surface area contributed by atoms with E-state index in [2.05, 4.69) is 19.8 Å². The summed E-state index contributed by atoms with van der Waals surface area (Å²) in [7, 11) is -3.70. The lowest BCUT2D eigenvalue weighted by Gasteiger charge is -2.10. The third-order valence-electron chi connectivity index (χ3n) is 4.53. The number of aromatic nitrogens is 3. The number of benzene rings is 2. The zero-order chi connectivity index (χ0) is 21.3. The molecule has 0 aliphatic rings. The van der Waals surface area contributed by atoms with Crippen molar-refractivity contribution in [2.24, 2.45) is 0 Å². The molecule has 0 saturated heterocycles. The topological polar surface area (TPSA) is 98.0 Å². The van der Waals surface area contributed by atoms with Crippen LogP contribution in [0, 0.1) is 13.8 Å². The average molecular weight is 441 g/mol. The molecule has 0 fully saturated rings. The quantitative estimate of drug-likeness (QED) is 0.473. The molecule has 0 radical (unpaired) electrons. The van der Waals surface area contributed by atoms with E-state index < -0.39 is 16.1 Å². The Balaban J connectivity index is 1.50. The third-order valence-corrected chi connectivity index (χ3v) is 6.86. The molecule has 0 unspecified atom stereocenters. The first-order valence-corrected chi connectivity index (χ1v) is 11.6. The Hall–Kier alpha value is -2.88. The Morgan fingerprint density at radius 1 is 0.967 bits per heavy atom. The smallest absolute Gasteiger partial charge is 0.244 e. The lowest BCUT2D eigenvalue weighted by Crippen LogP contribution is -2.27. The first-order chi connectivity index (χ1) is 14.3. The maximum Gasteiger partial charge on any atom is 0.244 e. The van der Waals surface area contributed by atoms with Crippen molar-refractivity contribution in [3.63, 3.8) is 0 Å². The molecule has 1 N–H and O–H groups in total. The van der Waals surface area contributed by atoms with E-state index in [1.165, 1.54) is 0 Å². The molecule has 7 nitrogen and oxygen atoms in total. The second kappa shape index (κ2) is 8.10. The summed E-state index contributed by atoms with van der Waals surface area (Å²) < 4.78 is 33.0. The van der Waals surface area contributed by atoms with Gasteiger partial charge in [-0.25, -0.2) is 13.4 Å². The number of nitrogens with one attached hydrogen (secondary N) is 1. The number of aryl methyl sites for hydroxylation is 2. The van der Waals surface area contributed by atoms with Crippen LogP contribution in [0.15, 0.2) is 63.3 Å². The van der Waals surface area contributed by atoms with E-state index in [0.29, 0.717) is 5.82 Å². The highest BCUT2D eigenvalue weighted by atomic mass is 32.2. The third kappa shape index (κ3) is 4.33. The van der Waals surface area contributed by atoms with Gasteiger partial charge in [-0.15, -0.1) is 11.3 Å². The number of thiazole rings is 1. The van der Waals surface area contributed by atoms with Crippen molar-refractivity contribution < 1.29 is 12.9 Å². The molecule has 2 aromatic carbocycles. The monoisotopic (exact) mass is 440 g/mol. The standard InChI is InChI=1S/C21H20N4O3S2/c1-13-4-10-18(11-5-13)30(26,27)25-14(2)21-23-20(24-28-21)17-8-6-16(7-9-17)19-12-29-15(3)22-19/h4-12,14,25H,1-3H3/t14-/m0/s1. The van der Waals surface area contributed by atoms with Crippen LogP contribution in [0.5, 0.6) is 0 Å². The zero-order valence-corrected chi connectivity index (χ0v) is 18.3. The van der Waals surface area contributed by atoms with Gasteiger partial charge in [0.05, 0.1) is 21.6 Å². The summed E-state index contributed by atoms with van der Waals surface area (Å²) in [5.41, 5.74) is 3.69. The number of hydrogen-bond donors (Lipinski definition) is 1. The van der Waals surface area contributed by atoms with E-state index in [-0.39, 0.29) is 10.8 Å². The number of sulfonamides is 1. The Bertz CT molecular complexity index is 1260. The summed E-state index contributed by atoms with van der Waals surface area (Å²) in [6.07, 6.45) is 0. The van der Waals surface area contributed by atoms with Crippen molar-refractivity contribution in [3.05, 3.63) is 70.4 Å². The molecule has 0 aliphatic carbocycles. The fourth-order valence-corrected chi connectivity index (χ4v) is 4.70. The summed E-state index contributed by atoms with van der Waals surface area (Å²) in [6.45, 7) is 5.53. The minimum absolute atomic E-state index is 0.188. The van der Waals surface area contributed by atoms with E-state index in [4.69, 9.17) is 4.52 Å². The molecule has 0 amide bonds. The van der Waals surface area contributed by atoms with E-state index >= 15 is 0 Å². The van der Waals surface area contributed by atoms with Gasteiger partial charge in [0.1, 0.15) is 0 Å². The Labute approximate surface area is 178 Å². The fraction of sp³-hybridized carbons (Fsp3) is 0.190. The maximum atomic E-state index is 12.6. The normalized spacial score (nSPS) is 12.8. The molecule has 2 aromatic heterocycles. The second-order valence-electron chi connectivity index (χ2n) is 6.94. The van der Waals surface area contributed by atoms with Gasteiger partial charge < -0.3 is 4.52 Å². The van der Waals surface area contributed by atoms with Gasteiger partial charge >= 0.3 is 0 Å². The van der Waals surface area contributed by atoms with Crippen LogP contribution in [0.4, 0.5) is 0 Å². The molecule has 1 atom stereocenters. The van der Waals surface area contributed by atoms with Crippen LogP contribution >= 0.6 is 11.3 Å². The molecule has 0 aliphatic heterocycles. The Kier molecular flexibility index (Phi) is 5.50. The lowest BCUT2D eigenvalue weighted by molar-refractivity contribution is 0.354. The average Bonchev–Trinajstić information content (AvgIpc) is 3.38. The molecule has 2 heterocycles. The Morgan fingerprint density at radius 3 is 2.27 bits per heavy atom. The molecular weight excluding hydrogens is 420 g/mol. The first-order valence-electron chi connectivity index (χ1n) is 9.27. The number of hydrogen-bond acceptors (Lipinski definition) is 7. The highest BCUT2D eigenvalue weighted by molar-refractivity contribution is 7.89. The molecule has 30 heavy (non-hydrogen) atoms. The van der Waals surface area contributed by atoms with Crippen molar-refractivity contribution in [2.45, 2.75) is 31.7 Å². The van der Waals surface area contributed by atoms with E-state index in [1.54, 1.807) is 42.5 Å².